The monoisotopic (exact) mass is 412 g/mol. The molecule has 0 unspecified atom stereocenters. The van der Waals surface area contributed by atoms with E-state index < -0.39 is 17.5 Å². The van der Waals surface area contributed by atoms with E-state index in [9.17, 15) is 13.6 Å². The number of carbonyl (C=O) groups excluding carboxylic acids is 1. The average Bonchev–Trinajstić information content (AvgIpc) is 3.19. The first-order valence-electron chi connectivity index (χ1n) is 9.14. The number of benzene rings is 1. The quantitative estimate of drug-likeness (QED) is 0.527. The minimum atomic E-state index is -0.696. The number of aryl methyl sites for hydroxylation is 3. The predicted octanol–water partition coefficient (Wildman–Crippen LogP) is 4.36. The number of anilines is 1. The van der Waals surface area contributed by atoms with Crippen LogP contribution in [-0.2, 0) is 6.61 Å². The third kappa shape index (κ3) is 3.49. The largest absolute Gasteiger partial charge is 0.485 e. The van der Waals surface area contributed by atoms with Gasteiger partial charge in [0, 0.05) is 6.20 Å². The number of imidazole rings is 1. The topological polar surface area (TPSA) is 81.7 Å². The van der Waals surface area contributed by atoms with Gasteiger partial charge in [0.1, 0.15) is 29.7 Å². The van der Waals surface area contributed by atoms with E-state index in [2.05, 4.69) is 15.3 Å². The van der Waals surface area contributed by atoms with Crippen LogP contribution in [0.2, 0.25) is 0 Å². The van der Waals surface area contributed by atoms with Gasteiger partial charge in [-0.25, -0.2) is 13.8 Å². The van der Waals surface area contributed by atoms with E-state index in [-0.39, 0.29) is 29.6 Å². The van der Waals surface area contributed by atoms with Crippen LogP contribution < -0.4 is 10.1 Å². The van der Waals surface area contributed by atoms with E-state index in [1.165, 1.54) is 6.07 Å². The number of carbonyl (C=O) groups is 1. The Morgan fingerprint density at radius 2 is 1.83 bits per heavy atom. The first-order chi connectivity index (χ1) is 14.3. The Balaban J connectivity index is 1.64. The van der Waals surface area contributed by atoms with Gasteiger partial charge < -0.3 is 9.15 Å². The number of halogens is 2. The summed E-state index contributed by atoms with van der Waals surface area (Å²) in [6.07, 6.45) is 1.65. The third-order valence-corrected chi connectivity index (χ3v) is 4.69. The van der Waals surface area contributed by atoms with Crippen molar-refractivity contribution in [2.75, 3.05) is 5.32 Å². The van der Waals surface area contributed by atoms with Crippen molar-refractivity contribution in [3.63, 3.8) is 0 Å². The molecular weight excluding hydrogens is 394 g/mol. The molecule has 154 valence electrons. The highest BCUT2D eigenvalue weighted by molar-refractivity contribution is 6.03. The molecule has 7 nitrogen and oxygen atoms in total. The molecule has 1 amide bonds. The minimum Gasteiger partial charge on any atom is -0.485 e. The maximum absolute atomic E-state index is 13.9. The number of nitrogens with zero attached hydrogens (tertiary/aromatic N) is 3. The van der Waals surface area contributed by atoms with Crippen molar-refractivity contribution in [1.82, 2.24) is 14.4 Å². The number of pyridine rings is 1. The molecule has 0 aliphatic carbocycles. The molecule has 0 saturated heterocycles. The standard InChI is InChI=1S/C21H18F2N4O3/c1-11-13(3)30-21(25-11)26-20(28)18-12(2)24-19-17(8-5-9-27(18)19)29-10-14-15(22)6-4-7-16(14)23/h4-9H,10H2,1-3H3,(H,25,26,28). The fraction of sp³-hybridized carbons (Fsp3) is 0.190. The first-order valence-corrected chi connectivity index (χ1v) is 9.14. The molecule has 0 saturated carbocycles. The third-order valence-electron chi connectivity index (χ3n) is 4.69. The second kappa shape index (κ2) is 7.58. The number of ether oxygens (including phenoxy) is 1. The van der Waals surface area contributed by atoms with Gasteiger partial charge in [0.05, 0.1) is 17.0 Å². The van der Waals surface area contributed by atoms with Gasteiger partial charge in [-0.05, 0) is 45.0 Å². The van der Waals surface area contributed by atoms with Crippen molar-refractivity contribution < 1.29 is 22.7 Å². The molecule has 4 rings (SSSR count). The van der Waals surface area contributed by atoms with Crippen LogP contribution in [0.3, 0.4) is 0 Å². The summed E-state index contributed by atoms with van der Waals surface area (Å²) in [7, 11) is 0. The van der Waals surface area contributed by atoms with Crippen molar-refractivity contribution in [2.24, 2.45) is 0 Å². The highest BCUT2D eigenvalue weighted by Gasteiger charge is 2.21. The molecule has 30 heavy (non-hydrogen) atoms. The molecular formula is C21H18F2N4O3. The lowest BCUT2D eigenvalue weighted by molar-refractivity contribution is 0.101. The summed E-state index contributed by atoms with van der Waals surface area (Å²) in [6, 6.07) is 6.97. The van der Waals surface area contributed by atoms with E-state index in [0.717, 1.165) is 12.1 Å². The van der Waals surface area contributed by atoms with E-state index in [1.807, 2.05) is 0 Å². The summed E-state index contributed by atoms with van der Waals surface area (Å²) in [5.41, 5.74) is 1.55. The number of nitrogens with one attached hydrogen (secondary N) is 1. The minimum absolute atomic E-state index is 0.0896. The molecule has 1 aromatic carbocycles. The van der Waals surface area contributed by atoms with Gasteiger partial charge in [0.15, 0.2) is 11.4 Å². The van der Waals surface area contributed by atoms with E-state index >= 15 is 0 Å². The van der Waals surface area contributed by atoms with E-state index in [4.69, 9.17) is 9.15 Å². The summed E-state index contributed by atoms with van der Waals surface area (Å²) >= 11 is 0. The van der Waals surface area contributed by atoms with Crippen molar-refractivity contribution in [2.45, 2.75) is 27.4 Å². The number of aromatic nitrogens is 3. The summed E-state index contributed by atoms with van der Waals surface area (Å²) < 4.78 is 40.3. The predicted molar refractivity (Wildman–Crippen MR) is 105 cm³/mol. The van der Waals surface area contributed by atoms with Crippen molar-refractivity contribution in [3.8, 4) is 5.75 Å². The molecule has 4 aromatic rings. The van der Waals surface area contributed by atoms with Crippen LogP contribution in [0.25, 0.3) is 5.65 Å². The molecule has 9 heteroatoms. The molecule has 0 aliphatic rings. The maximum atomic E-state index is 13.9. The van der Waals surface area contributed by atoms with Crippen LogP contribution in [0.15, 0.2) is 40.9 Å². The first kappa shape index (κ1) is 19.6. The van der Waals surface area contributed by atoms with Crippen LogP contribution in [0.1, 0.15) is 33.2 Å². The Labute approximate surface area is 170 Å². The number of oxazole rings is 1. The fourth-order valence-corrected chi connectivity index (χ4v) is 3.04. The van der Waals surface area contributed by atoms with Crippen LogP contribution in [-0.4, -0.2) is 20.3 Å². The number of fused-ring (bicyclic) bond motifs is 1. The summed E-state index contributed by atoms with van der Waals surface area (Å²) in [6.45, 7) is 4.88. The normalized spacial score (nSPS) is 11.1. The highest BCUT2D eigenvalue weighted by Crippen LogP contribution is 2.25. The van der Waals surface area contributed by atoms with Gasteiger partial charge in [0.2, 0.25) is 0 Å². The van der Waals surface area contributed by atoms with Crippen molar-refractivity contribution in [1.29, 1.82) is 0 Å². The van der Waals surface area contributed by atoms with Crippen LogP contribution >= 0.6 is 0 Å². The molecule has 1 N–H and O–H groups in total. The lowest BCUT2D eigenvalue weighted by atomic mass is 10.2. The molecule has 0 spiro atoms. The zero-order valence-electron chi connectivity index (χ0n) is 16.5. The number of amides is 1. The Morgan fingerprint density at radius 1 is 1.10 bits per heavy atom. The summed E-state index contributed by atoms with van der Waals surface area (Å²) in [5, 5.41) is 2.61. The van der Waals surface area contributed by atoms with Gasteiger partial charge in [0.25, 0.3) is 5.91 Å². The second-order valence-corrected chi connectivity index (χ2v) is 6.72. The smallest absolute Gasteiger partial charge is 0.302 e. The Bertz CT molecular complexity index is 1220. The van der Waals surface area contributed by atoms with Crippen LogP contribution in [0, 0.1) is 32.4 Å². The molecule has 3 heterocycles. The molecule has 0 fully saturated rings. The van der Waals surface area contributed by atoms with Gasteiger partial charge in [-0.1, -0.05) is 6.07 Å². The van der Waals surface area contributed by atoms with Gasteiger partial charge in [-0.3, -0.25) is 14.5 Å². The van der Waals surface area contributed by atoms with Gasteiger partial charge in [-0.2, -0.15) is 4.98 Å². The maximum Gasteiger partial charge on any atom is 0.302 e. The van der Waals surface area contributed by atoms with E-state index in [1.54, 1.807) is 43.5 Å². The SMILES string of the molecule is Cc1nc(NC(=O)c2c(C)nc3c(OCc4c(F)cccc4F)cccn23)oc1C. The van der Waals surface area contributed by atoms with E-state index in [0.29, 0.717) is 22.8 Å². The number of hydrogen-bond acceptors (Lipinski definition) is 5. The Morgan fingerprint density at radius 3 is 2.50 bits per heavy atom. The Kier molecular flexibility index (Phi) is 4.94. The molecule has 0 bridgehead atoms. The lowest BCUT2D eigenvalue weighted by Crippen LogP contribution is -2.16. The molecule has 0 atom stereocenters. The van der Waals surface area contributed by atoms with Gasteiger partial charge >= 0.3 is 6.01 Å². The number of hydrogen-bond donors (Lipinski definition) is 1. The lowest BCUT2D eigenvalue weighted by Gasteiger charge is -2.09. The zero-order valence-corrected chi connectivity index (χ0v) is 16.5. The zero-order chi connectivity index (χ0) is 21.4. The summed E-state index contributed by atoms with van der Waals surface area (Å²) in [4.78, 5) is 21.3. The Hall–Kier alpha value is -3.75. The van der Waals surface area contributed by atoms with Crippen molar-refractivity contribution >= 4 is 17.6 Å². The average molecular weight is 412 g/mol. The molecule has 0 aliphatic heterocycles. The van der Waals surface area contributed by atoms with Crippen molar-refractivity contribution in [3.05, 3.63) is 76.6 Å². The van der Waals surface area contributed by atoms with Gasteiger partial charge in [-0.15, -0.1) is 0 Å². The highest BCUT2D eigenvalue weighted by atomic mass is 19.1. The van der Waals surface area contributed by atoms with Crippen LogP contribution in [0.4, 0.5) is 14.8 Å². The fourth-order valence-electron chi connectivity index (χ4n) is 3.04. The molecule has 3 aromatic heterocycles. The second-order valence-electron chi connectivity index (χ2n) is 6.72. The van der Waals surface area contributed by atoms with Crippen LogP contribution in [0.5, 0.6) is 5.75 Å². The number of rotatable bonds is 5. The summed E-state index contributed by atoms with van der Waals surface area (Å²) in [5.74, 6) is -0.962. The molecule has 0 radical (unpaired) electrons.